The number of phenolic OH excluding ortho intramolecular Hbond substituents is 2. The zero-order valence-corrected chi connectivity index (χ0v) is 39.2. The first-order valence-corrected chi connectivity index (χ1v) is 25.7. The van der Waals surface area contributed by atoms with Gasteiger partial charge in [0.15, 0.2) is 35.2 Å². The highest BCUT2D eigenvalue weighted by Gasteiger charge is 2.74. The molecule has 2 saturated heterocycles. The van der Waals surface area contributed by atoms with Crippen LogP contribution in [-0.4, -0.2) is 101 Å². The molecule has 6 aliphatic carbocycles. The highest BCUT2D eigenvalue weighted by atomic mass is 16.5. The van der Waals surface area contributed by atoms with E-state index in [1.54, 1.807) is 12.1 Å². The Morgan fingerprint density at radius 3 is 1.46 bits per heavy atom. The number of aromatic amines is 2. The number of nitrogens with two attached hydrogens (primary N) is 2. The molecule has 8 atom stereocenters. The number of likely N-dealkylation sites (tertiary alicyclic amines) is 2. The molecule has 360 valence electrons. The fraction of sp³-hybridized carbons (Fsp3) is 0.464. The number of phenols is 2. The summed E-state index contributed by atoms with van der Waals surface area (Å²) in [4.78, 5) is 12.4. The lowest BCUT2D eigenvalue weighted by atomic mass is 9.49. The van der Waals surface area contributed by atoms with Gasteiger partial charge in [0.1, 0.15) is 0 Å². The number of rotatable bonds is 8. The van der Waals surface area contributed by atoms with E-state index in [0.29, 0.717) is 37.2 Å². The minimum Gasteiger partial charge on any atom is -0.504 e. The van der Waals surface area contributed by atoms with Gasteiger partial charge in [0.2, 0.25) is 0 Å². The van der Waals surface area contributed by atoms with Crippen molar-refractivity contribution in [1.82, 2.24) is 19.8 Å². The number of aromatic nitrogens is 2. The topological polar surface area (TPSA) is 237 Å². The minimum atomic E-state index is -0.991. The lowest BCUT2D eigenvalue weighted by Crippen LogP contribution is -2.74. The predicted molar refractivity (Wildman–Crippen MR) is 264 cm³/mol. The van der Waals surface area contributed by atoms with E-state index >= 15 is 0 Å². The van der Waals surface area contributed by atoms with E-state index in [2.05, 4.69) is 31.9 Å². The molecular weight excluding hydrogens is 881 g/mol. The van der Waals surface area contributed by atoms with Gasteiger partial charge in [-0.3, -0.25) is 20.6 Å². The third kappa shape index (κ3) is 5.32. The normalized spacial score (nSPS) is 32.3. The molecule has 4 fully saturated rings. The van der Waals surface area contributed by atoms with E-state index in [4.69, 9.17) is 31.8 Å². The van der Waals surface area contributed by atoms with Gasteiger partial charge in [-0.25, -0.2) is 0 Å². The monoisotopic (exact) mass is 940 g/mol. The minimum absolute atomic E-state index is 0.0180. The quantitative estimate of drug-likeness (QED) is 0.0622. The molecular formula is C56H60N8O6. The zero-order valence-electron chi connectivity index (χ0n) is 39.2. The highest BCUT2D eigenvalue weighted by molar-refractivity contribution is 5.90. The Bertz CT molecular complexity index is 3100. The highest BCUT2D eigenvalue weighted by Crippen LogP contribution is 2.71. The molecule has 0 unspecified atom stereocenters. The van der Waals surface area contributed by atoms with Crippen molar-refractivity contribution in [3.05, 3.63) is 117 Å². The predicted octanol–water partition coefficient (Wildman–Crippen LogP) is 6.10. The second-order valence-electron chi connectivity index (χ2n) is 23.1. The fourth-order valence-corrected chi connectivity index (χ4v) is 16.0. The van der Waals surface area contributed by atoms with Crippen molar-refractivity contribution in [2.45, 2.75) is 123 Å². The second kappa shape index (κ2) is 13.9. The number of piperidine rings is 2. The van der Waals surface area contributed by atoms with Crippen LogP contribution in [0.4, 0.5) is 0 Å². The van der Waals surface area contributed by atoms with Crippen LogP contribution in [0.5, 0.6) is 23.0 Å². The Morgan fingerprint density at radius 1 is 0.629 bits per heavy atom. The van der Waals surface area contributed by atoms with Gasteiger partial charge in [0, 0.05) is 83.8 Å². The number of hydrogen-bond donors (Lipinski definition) is 10. The average molecular weight is 941 g/mol. The third-order valence-corrected chi connectivity index (χ3v) is 19.2. The Hall–Kier alpha value is -6.06. The molecule has 0 amide bonds. The number of fused-ring (bicyclic) bond motifs is 8. The van der Waals surface area contributed by atoms with E-state index in [-0.39, 0.29) is 47.5 Å². The number of aliphatic hydroxyl groups is 2. The first-order chi connectivity index (χ1) is 33.8. The van der Waals surface area contributed by atoms with Crippen LogP contribution in [0.3, 0.4) is 0 Å². The summed E-state index contributed by atoms with van der Waals surface area (Å²) in [5.41, 5.74) is 21.0. The maximum Gasteiger partial charge on any atom is 0.166 e. The van der Waals surface area contributed by atoms with E-state index in [1.165, 1.54) is 36.8 Å². The molecule has 2 saturated carbocycles. The average Bonchev–Trinajstić information content (AvgIpc) is 4.19. The fourth-order valence-electron chi connectivity index (χ4n) is 16.0. The van der Waals surface area contributed by atoms with Crippen molar-refractivity contribution in [3.63, 3.8) is 0 Å². The van der Waals surface area contributed by atoms with Crippen LogP contribution in [0.25, 0.3) is 21.8 Å². The molecule has 10 aliphatic rings. The smallest absolute Gasteiger partial charge is 0.166 e. The maximum absolute atomic E-state index is 12.9. The molecule has 70 heavy (non-hydrogen) atoms. The molecule has 2 aromatic heterocycles. The lowest BCUT2D eigenvalue weighted by Gasteiger charge is -2.62. The van der Waals surface area contributed by atoms with Gasteiger partial charge in [-0.15, -0.1) is 0 Å². The molecule has 0 radical (unpaired) electrons. The summed E-state index contributed by atoms with van der Waals surface area (Å²) in [6.45, 7) is 3.99. The van der Waals surface area contributed by atoms with Crippen LogP contribution in [0.15, 0.2) is 60.7 Å². The molecule has 12 N–H and O–H groups in total. The van der Waals surface area contributed by atoms with Crippen molar-refractivity contribution in [1.29, 1.82) is 10.8 Å². The van der Waals surface area contributed by atoms with Crippen molar-refractivity contribution in [2.24, 2.45) is 23.3 Å². The number of nitrogens with zero attached hydrogens (tertiary/aromatic N) is 2. The van der Waals surface area contributed by atoms with E-state index in [1.807, 2.05) is 36.4 Å². The molecule has 4 aliphatic heterocycles. The molecule has 16 rings (SSSR count). The summed E-state index contributed by atoms with van der Waals surface area (Å²) < 4.78 is 13.3. The number of aromatic hydroxyl groups is 2. The first kappa shape index (κ1) is 41.7. The molecule has 6 aromatic rings. The summed E-state index contributed by atoms with van der Waals surface area (Å²) >= 11 is 0. The first-order valence-electron chi connectivity index (χ1n) is 25.7. The number of benzene rings is 4. The van der Waals surface area contributed by atoms with Crippen LogP contribution < -0.4 is 20.9 Å². The van der Waals surface area contributed by atoms with Crippen LogP contribution >= 0.6 is 0 Å². The van der Waals surface area contributed by atoms with Crippen molar-refractivity contribution in [3.8, 4) is 23.0 Å². The van der Waals surface area contributed by atoms with Gasteiger partial charge < -0.3 is 51.3 Å². The molecule has 4 bridgehead atoms. The standard InChI is InChI=1S/2C28H30N4O3/c2*29-22(30)10-15-3-5-19-17(9-15)18-12-28(34)21-11-16-4-6-20(33)25-23(16)27(28,26(35-25)24(18)31-19)7-8-32(21)13-14-1-2-14/h2*3-6,9,14,21,26,31,33-34H,1-2,7-8,10-13H2,(H3,29,30)/t2*21-,26+,27+,28-/m11/s1. The number of H-pyrrole nitrogens is 2. The van der Waals surface area contributed by atoms with Gasteiger partial charge in [-0.1, -0.05) is 24.3 Å². The Kier molecular flexibility index (Phi) is 8.26. The van der Waals surface area contributed by atoms with Crippen molar-refractivity contribution in [2.75, 3.05) is 26.2 Å². The number of amidine groups is 2. The lowest BCUT2D eigenvalue weighted by molar-refractivity contribution is -0.173. The van der Waals surface area contributed by atoms with Gasteiger partial charge in [-0.2, -0.15) is 0 Å². The Labute approximate surface area is 405 Å². The molecule has 2 spiro atoms. The summed E-state index contributed by atoms with van der Waals surface area (Å²) in [6, 6.07) is 20.0. The second-order valence-corrected chi connectivity index (χ2v) is 23.1. The third-order valence-electron chi connectivity index (χ3n) is 19.2. The number of nitrogens with one attached hydrogen (secondary N) is 4. The van der Waals surface area contributed by atoms with Crippen LogP contribution in [0.1, 0.15) is 107 Å². The Morgan fingerprint density at radius 2 is 1.06 bits per heavy atom. The van der Waals surface area contributed by atoms with Gasteiger partial charge in [0.25, 0.3) is 0 Å². The van der Waals surface area contributed by atoms with Gasteiger partial charge in [0.05, 0.1) is 45.1 Å². The van der Waals surface area contributed by atoms with E-state index in [0.717, 1.165) is 130 Å². The number of hydrogen-bond acceptors (Lipinski definition) is 10. The summed E-state index contributed by atoms with van der Waals surface area (Å²) in [5, 5.41) is 65.0. The van der Waals surface area contributed by atoms with E-state index in [9.17, 15) is 20.4 Å². The Balaban J connectivity index is 0.000000126. The summed E-state index contributed by atoms with van der Waals surface area (Å²) in [5.74, 6) is 3.23. The summed E-state index contributed by atoms with van der Waals surface area (Å²) in [7, 11) is 0. The van der Waals surface area contributed by atoms with Crippen molar-refractivity contribution >= 4 is 33.5 Å². The zero-order chi connectivity index (χ0) is 47.4. The molecule has 14 nitrogen and oxygen atoms in total. The van der Waals surface area contributed by atoms with Crippen LogP contribution in [0, 0.1) is 22.7 Å². The van der Waals surface area contributed by atoms with Gasteiger partial charge in [-0.05, 0) is 146 Å². The van der Waals surface area contributed by atoms with Crippen LogP contribution in [-0.2, 0) is 49.4 Å². The number of ether oxygens (including phenoxy) is 2. The maximum atomic E-state index is 12.9. The molecule has 4 aromatic carbocycles. The van der Waals surface area contributed by atoms with Crippen molar-refractivity contribution < 1.29 is 29.9 Å². The molecule has 6 heterocycles. The van der Waals surface area contributed by atoms with E-state index < -0.39 is 22.0 Å². The molecule has 14 heteroatoms. The summed E-state index contributed by atoms with van der Waals surface area (Å²) in [6.07, 6.45) is 9.51. The largest absolute Gasteiger partial charge is 0.504 e. The van der Waals surface area contributed by atoms with Crippen LogP contribution in [0.2, 0.25) is 0 Å². The SMILES string of the molecule is N=C(N)Cc1ccc2[nH]c3c(c2c1)C[C@@]1(O)[C@H]2Cc4ccc(O)c5c4[C@@]1(CCN2CC1CC1)[C@H]3O5.N=C(N)Cc1ccc2[nH]c3c(c2c1)C[C@@]1(O)[C@H]2Cc4ccc(O)c5c4[C@@]1(CCN2CC1CC1)[C@H]3O5. The van der Waals surface area contributed by atoms with Gasteiger partial charge >= 0.3 is 0 Å².